The first kappa shape index (κ1) is 15.1. The van der Waals surface area contributed by atoms with E-state index in [1.54, 1.807) is 0 Å². The van der Waals surface area contributed by atoms with E-state index in [9.17, 15) is 5.11 Å². The minimum atomic E-state index is -0.477. The van der Waals surface area contributed by atoms with Gasteiger partial charge >= 0.3 is 0 Å². The van der Waals surface area contributed by atoms with Gasteiger partial charge in [0.15, 0.2) is 0 Å². The van der Waals surface area contributed by atoms with Crippen molar-refractivity contribution in [3.8, 4) is 0 Å². The molecule has 2 aromatic rings. The number of rotatable bonds is 3. The molecule has 1 N–H and O–H groups in total. The van der Waals surface area contributed by atoms with Gasteiger partial charge in [-0.2, -0.15) is 0 Å². The van der Waals surface area contributed by atoms with Crippen LogP contribution in [0.2, 0.25) is 5.02 Å². The quantitative estimate of drug-likeness (QED) is 0.856. The second kappa shape index (κ2) is 5.99. The van der Waals surface area contributed by atoms with Gasteiger partial charge in [0.1, 0.15) is 0 Å². The van der Waals surface area contributed by atoms with Crippen molar-refractivity contribution in [3.63, 3.8) is 0 Å². The second-order valence-corrected chi connectivity index (χ2v) is 5.96. The van der Waals surface area contributed by atoms with Gasteiger partial charge in [0, 0.05) is 11.4 Å². The van der Waals surface area contributed by atoms with Gasteiger partial charge in [-0.25, -0.2) is 0 Å². The number of aliphatic hydroxyl groups is 1. The van der Waals surface area contributed by atoms with Crippen molar-refractivity contribution in [1.29, 1.82) is 0 Å². The van der Waals surface area contributed by atoms with Gasteiger partial charge in [-0.05, 0) is 73.2 Å². The van der Waals surface area contributed by atoms with Crippen LogP contribution in [0.4, 0.5) is 0 Å². The van der Waals surface area contributed by atoms with Gasteiger partial charge in [0.05, 0.1) is 6.10 Å². The molecule has 106 valence electrons. The van der Waals surface area contributed by atoms with E-state index < -0.39 is 6.10 Å². The molecular weight excluding hydrogens is 268 g/mol. The molecule has 1 nitrogen and oxygen atoms in total. The number of halogens is 1. The van der Waals surface area contributed by atoms with Gasteiger partial charge in [-0.3, -0.25) is 0 Å². The molecule has 0 aliphatic carbocycles. The molecule has 2 heteroatoms. The Morgan fingerprint density at radius 2 is 1.45 bits per heavy atom. The Balaban J connectivity index is 2.34. The van der Waals surface area contributed by atoms with Crippen LogP contribution in [0.5, 0.6) is 0 Å². The molecule has 0 spiro atoms. The third-order valence-corrected chi connectivity index (χ3v) is 4.35. The summed E-state index contributed by atoms with van der Waals surface area (Å²) in [6.07, 6.45) is 0.136. The molecule has 0 aliphatic heterocycles. The number of hydrogen-bond acceptors (Lipinski definition) is 1. The number of benzene rings is 2. The van der Waals surface area contributed by atoms with Gasteiger partial charge in [0.2, 0.25) is 0 Å². The summed E-state index contributed by atoms with van der Waals surface area (Å²) in [4.78, 5) is 0. The van der Waals surface area contributed by atoms with Crippen LogP contribution >= 0.6 is 11.6 Å². The van der Waals surface area contributed by atoms with Crippen molar-refractivity contribution in [2.24, 2.45) is 0 Å². The second-order valence-electron chi connectivity index (χ2n) is 5.52. The lowest BCUT2D eigenvalue weighted by molar-refractivity contribution is 0.177. The first-order valence-electron chi connectivity index (χ1n) is 6.90. The largest absolute Gasteiger partial charge is 0.388 e. The van der Waals surface area contributed by atoms with Crippen molar-refractivity contribution in [2.75, 3.05) is 0 Å². The van der Waals surface area contributed by atoms with Crippen LogP contribution in [-0.4, -0.2) is 5.11 Å². The molecule has 1 atom stereocenters. The summed E-state index contributed by atoms with van der Waals surface area (Å²) in [5.41, 5.74) is 7.01. The van der Waals surface area contributed by atoms with E-state index in [-0.39, 0.29) is 0 Å². The number of hydrogen-bond donors (Lipinski definition) is 1. The summed E-state index contributed by atoms with van der Waals surface area (Å²) in [5, 5.41) is 11.3. The van der Waals surface area contributed by atoms with E-state index in [1.807, 2.05) is 24.3 Å². The Bertz CT molecular complexity index is 588. The molecule has 0 radical (unpaired) electrons. The summed E-state index contributed by atoms with van der Waals surface area (Å²) in [7, 11) is 0. The molecule has 0 saturated heterocycles. The van der Waals surface area contributed by atoms with E-state index in [0.717, 1.165) is 16.1 Å². The summed E-state index contributed by atoms with van der Waals surface area (Å²) in [5.74, 6) is 0. The zero-order valence-corrected chi connectivity index (χ0v) is 13.3. The van der Waals surface area contributed by atoms with Gasteiger partial charge < -0.3 is 5.11 Å². The normalized spacial score (nSPS) is 12.5. The van der Waals surface area contributed by atoms with E-state index in [2.05, 4.69) is 33.8 Å². The summed E-state index contributed by atoms with van der Waals surface area (Å²) in [6, 6.07) is 9.86. The topological polar surface area (TPSA) is 20.2 Å². The van der Waals surface area contributed by atoms with Crippen LogP contribution in [0.25, 0.3) is 0 Å². The molecule has 0 heterocycles. The van der Waals surface area contributed by atoms with Gasteiger partial charge in [-0.1, -0.05) is 29.8 Å². The molecule has 0 saturated carbocycles. The Morgan fingerprint density at radius 1 is 0.950 bits per heavy atom. The van der Waals surface area contributed by atoms with E-state index in [0.29, 0.717) is 6.42 Å². The molecule has 0 amide bonds. The fraction of sp³-hybridized carbons (Fsp3) is 0.333. The molecular formula is C18H21ClO. The average molecular weight is 289 g/mol. The van der Waals surface area contributed by atoms with Crippen LogP contribution in [0.15, 0.2) is 30.3 Å². The zero-order chi connectivity index (χ0) is 14.9. The van der Waals surface area contributed by atoms with Crippen LogP contribution in [0.3, 0.4) is 0 Å². The Morgan fingerprint density at radius 3 is 1.95 bits per heavy atom. The predicted octanol–water partition coefficient (Wildman–Crippen LogP) is 4.85. The number of aryl methyl sites for hydroxylation is 2. The Labute approximate surface area is 126 Å². The molecule has 20 heavy (non-hydrogen) atoms. The van der Waals surface area contributed by atoms with Crippen molar-refractivity contribution >= 4 is 11.6 Å². The van der Waals surface area contributed by atoms with Crippen molar-refractivity contribution in [3.05, 3.63) is 68.7 Å². The zero-order valence-electron chi connectivity index (χ0n) is 12.5. The predicted molar refractivity (Wildman–Crippen MR) is 85.5 cm³/mol. The lowest BCUT2D eigenvalue weighted by atomic mass is 9.89. The van der Waals surface area contributed by atoms with E-state index in [1.165, 1.54) is 22.3 Å². The van der Waals surface area contributed by atoms with Crippen LogP contribution in [0.1, 0.15) is 39.5 Å². The number of aliphatic hydroxyl groups excluding tert-OH is 1. The first-order valence-corrected chi connectivity index (χ1v) is 7.27. The molecule has 0 aromatic heterocycles. The monoisotopic (exact) mass is 288 g/mol. The summed E-state index contributed by atoms with van der Waals surface area (Å²) < 4.78 is 0. The standard InChI is InChI=1S/C18H21ClO/c1-11-9-12(2)14(4)18(13(11)3)17(20)10-15-5-7-16(19)8-6-15/h5-9,17,20H,10H2,1-4H3. The maximum atomic E-state index is 10.6. The summed E-state index contributed by atoms with van der Waals surface area (Å²) >= 11 is 5.89. The highest BCUT2D eigenvalue weighted by atomic mass is 35.5. The highest BCUT2D eigenvalue weighted by Crippen LogP contribution is 2.29. The first-order chi connectivity index (χ1) is 9.40. The third-order valence-electron chi connectivity index (χ3n) is 4.10. The van der Waals surface area contributed by atoms with Crippen LogP contribution in [-0.2, 0) is 6.42 Å². The molecule has 2 aromatic carbocycles. The smallest absolute Gasteiger partial charge is 0.0835 e. The lowest BCUT2D eigenvalue weighted by Gasteiger charge is -2.20. The fourth-order valence-corrected chi connectivity index (χ4v) is 2.82. The van der Waals surface area contributed by atoms with E-state index >= 15 is 0 Å². The molecule has 2 rings (SSSR count). The minimum Gasteiger partial charge on any atom is -0.388 e. The van der Waals surface area contributed by atoms with E-state index in [4.69, 9.17) is 11.6 Å². The average Bonchev–Trinajstić information content (AvgIpc) is 2.39. The fourth-order valence-electron chi connectivity index (χ4n) is 2.69. The van der Waals surface area contributed by atoms with Crippen molar-refractivity contribution in [1.82, 2.24) is 0 Å². The van der Waals surface area contributed by atoms with Gasteiger partial charge in [0.25, 0.3) is 0 Å². The molecule has 1 unspecified atom stereocenters. The highest BCUT2D eigenvalue weighted by Gasteiger charge is 2.16. The molecule has 0 aliphatic rings. The minimum absolute atomic E-state index is 0.477. The highest BCUT2D eigenvalue weighted by molar-refractivity contribution is 6.30. The molecule has 0 bridgehead atoms. The molecule has 0 fully saturated rings. The Hall–Kier alpha value is -1.31. The SMILES string of the molecule is Cc1cc(C)c(C)c(C(O)Cc2ccc(Cl)cc2)c1C. The van der Waals surface area contributed by atoms with Crippen LogP contribution in [0, 0.1) is 27.7 Å². The van der Waals surface area contributed by atoms with Gasteiger partial charge in [-0.15, -0.1) is 0 Å². The third kappa shape index (κ3) is 3.05. The Kier molecular flexibility index (Phi) is 4.52. The van der Waals surface area contributed by atoms with Crippen molar-refractivity contribution in [2.45, 2.75) is 40.2 Å². The maximum absolute atomic E-state index is 10.6. The summed E-state index contributed by atoms with van der Waals surface area (Å²) in [6.45, 7) is 8.37. The lowest BCUT2D eigenvalue weighted by Crippen LogP contribution is -2.08. The maximum Gasteiger partial charge on any atom is 0.0835 e. The van der Waals surface area contributed by atoms with Crippen molar-refractivity contribution < 1.29 is 5.11 Å². The van der Waals surface area contributed by atoms with Crippen LogP contribution < -0.4 is 0 Å².